The van der Waals surface area contributed by atoms with Crippen LogP contribution in [0.1, 0.15) is 25.3 Å². The molecule has 0 aliphatic carbocycles. The second-order valence-electron chi connectivity index (χ2n) is 7.38. The average Bonchev–Trinajstić information content (AvgIpc) is 2.79. The van der Waals surface area contributed by atoms with Crippen LogP contribution in [-0.2, 0) is 16.0 Å². The highest BCUT2D eigenvalue weighted by atomic mass is 35.5. The molecule has 1 heterocycles. The largest absolute Gasteiger partial charge is 0.496 e. The molecule has 31 heavy (non-hydrogen) atoms. The van der Waals surface area contributed by atoms with Crippen molar-refractivity contribution in [3.05, 3.63) is 51.8 Å². The maximum Gasteiger partial charge on any atom is 0.223 e. The summed E-state index contributed by atoms with van der Waals surface area (Å²) >= 11 is 12.7. The smallest absolute Gasteiger partial charge is 0.223 e. The summed E-state index contributed by atoms with van der Waals surface area (Å²) < 4.78 is 19.2. The van der Waals surface area contributed by atoms with Gasteiger partial charge in [0.15, 0.2) is 0 Å². The van der Waals surface area contributed by atoms with Crippen LogP contribution in [0.3, 0.4) is 0 Å². The Morgan fingerprint density at radius 2 is 1.58 bits per heavy atom. The van der Waals surface area contributed by atoms with Crippen molar-refractivity contribution in [1.29, 1.82) is 0 Å². The van der Waals surface area contributed by atoms with E-state index in [0.29, 0.717) is 65.9 Å². The Labute approximate surface area is 191 Å². The predicted molar refractivity (Wildman–Crippen MR) is 120 cm³/mol. The highest BCUT2D eigenvalue weighted by molar-refractivity contribution is 6.36. The van der Waals surface area contributed by atoms with Crippen molar-refractivity contribution in [2.45, 2.75) is 26.2 Å². The summed E-state index contributed by atoms with van der Waals surface area (Å²) in [5.74, 6) is 0.281. The Bertz CT molecular complexity index is 976. The fraction of sp³-hybridized carbons (Fsp3) is 0.391. The summed E-state index contributed by atoms with van der Waals surface area (Å²) in [4.78, 5) is 28.1. The lowest BCUT2D eigenvalue weighted by Crippen LogP contribution is -2.50. The van der Waals surface area contributed by atoms with Gasteiger partial charge in [-0.2, -0.15) is 0 Å². The van der Waals surface area contributed by atoms with Gasteiger partial charge in [-0.15, -0.1) is 0 Å². The molecule has 0 spiro atoms. The molecular weight excluding hydrogens is 442 g/mol. The Morgan fingerprint density at radius 1 is 0.968 bits per heavy atom. The molecular formula is C23H25Cl2FN2O3. The van der Waals surface area contributed by atoms with Crippen LogP contribution in [-0.4, -0.2) is 54.9 Å². The number of methoxy groups -OCH3 is 1. The Morgan fingerprint density at radius 3 is 2.19 bits per heavy atom. The lowest BCUT2D eigenvalue weighted by atomic mass is 9.99. The van der Waals surface area contributed by atoms with Crippen molar-refractivity contribution in [2.75, 3.05) is 33.3 Å². The molecule has 0 unspecified atom stereocenters. The summed E-state index contributed by atoms with van der Waals surface area (Å²) in [5, 5.41) is 0.770. The maximum absolute atomic E-state index is 13.8. The summed E-state index contributed by atoms with van der Waals surface area (Å²) in [6.45, 7) is 4.03. The van der Waals surface area contributed by atoms with Gasteiger partial charge in [0, 0.05) is 55.2 Å². The maximum atomic E-state index is 13.8. The molecule has 2 aromatic rings. The molecule has 0 saturated carbocycles. The van der Waals surface area contributed by atoms with Gasteiger partial charge in [-0.3, -0.25) is 9.59 Å². The summed E-state index contributed by atoms with van der Waals surface area (Å²) in [5.41, 5.74) is 1.86. The van der Waals surface area contributed by atoms with E-state index in [9.17, 15) is 14.0 Å². The van der Waals surface area contributed by atoms with Gasteiger partial charge in [0.1, 0.15) is 11.6 Å². The van der Waals surface area contributed by atoms with Gasteiger partial charge >= 0.3 is 0 Å². The van der Waals surface area contributed by atoms with E-state index < -0.39 is 5.82 Å². The first kappa shape index (κ1) is 23.4. The molecule has 3 rings (SSSR count). The topological polar surface area (TPSA) is 49.9 Å². The Kier molecular flexibility index (Phi) is 7.79. The molecule has 1 saturated heterocycles. The minimum atomic E-state index is -0.413. The number of hydrogen-bond acceptors (Lipinski definition) is 3. The number of aryl methyl sites for hydroxylation is 1. The normalized spacial score (nSPS) is 14.0. The summed E-state index contributed by atoms with van der Waals surface area (Å²) in [6.07, 6.45) is 1.20. The number of ether oxygens (including phenoxy) is 1. The fourth-order valence-corrected chi connectivity index (χ4v) is 4.20. The van der Waals surface area contributed by atoms with E-state index in [0.717, 1.165) is 5.56 Å². The highest BCUT2D eigenvalue weighted by Crippen LogP contribution is 2.38. The monoisotopic (exact) mass is 466 g/mol. The zero-order chi connectivity index (χ0) is 22.5. The van der Waals surface area contributed by atoms with Crippen LogP contribution >= 0.6 is 23.2 Å². The minimum Gasteiger partial charge on any atom is -0.496 e. The number of benzene rings is 2. The van der Waals surface area contributed by atoms with E-state index in [2.05, 4.69) is 0 Å². The number of hydrogen-bond donors (Lipinski definition) is 0. The van der Waals surface area contributed by atoms with Crippen molar-refractivity contribution in [1.82, 2.24) is 9.80 Å². The van der Waals surface area contributed by atoms with Crippen LogP contribution in [0.4, 0.5) is 4.39 Å². The van der Waals surface area contributed by atoms with Crippen LogP contribution in [0, 0.1) is 5.82 Å². The van der Waals surface area contributed by atoms with Gasteiger partial charge in [0.2, 0.25) is 11.8 Å². The van der Waals surface area contributed by atoms with E-state index in [1.54, 1.807) is 21.9 Å². The standard InChI is InChI=1S/C23H25Cl2FN2O3/c1-3-22(29)27-8-10-28(11-9-27)23(30)7-4-15-12-17(20(25)14-21(15)31-2)18-13-16(26)5-6-19(18)24/h5-6,12-14H,3-4,7-11H2,1-2H3. The van der Waals surface area contributed by atoms with E-state index in [-0.39, 0.29) is 18.2 Å². The quantitative estimate of drug-likeness (QED) is 0.612. The SMILES string of the molecule is CCC(=O)N1CCN(C(=O)CCc2cc(-c3cc(F)ccc3Cl)c(Cl)cc2OC)CC1. The lowest BCUT2D eigenvalue weighted by molar-refractivity contribution is -0.139. The van der Waals surface area contributed by atoms with Gasteiger partial charge in [0.25, 0.3) is 0 Å². The van der Waals surface area contributed by atoms with E-state index in [4.69, 9.17) is 27.9 Å². The third-order valence-electron chi connectivity index (χ3n) is 5.48. The first-order valence-electron chi connectivity index (χ1n) is 10.2. The van der Waals surface area contributed by atoms with Gasteiger partial charge in [0.05, 0.1) is 12.1 Å². The van der Waals surface area contributed by atoms with Crippen LogP contribution in [0.2, 0.25) is 10.0 Å². The number of rotatable bonds is 6. The van der Waals surface area contributed by atoms with E-state index in [1.165, 1.54) is 25.3 Å². The number of amides is 2. The molecule has 5 nitrogen and oxygen atoms in total. The molecule has 0 bridgehead atoms. The van der Waals surface area contributed by atoms with Gasteiger partial charge in [-0.25, -0.2) is 4.39 Å². The molecule has 1 aliphatic rings. The zero-order valence-electron chi connectivity index (χ0n) is 17.6. The first-order valence-corrected chi connectivity index (χ1v) is 11.0. The van der Waals surface area contributed by atoms with Gasteiger partial charge in [-0.05, 0) is 42.3 Å². The summed E-state index contributed by atoms with van der Waals surface area (Å²) in [7, 11) is 1.54. The van der Waals surface area contributed by atoms with Crippen molar-refractivity contribution in [2.24, 2.45) is 0 Å². The van der Waals surface area contributed by atoms with Crippen LogP contribution in [0.15, 0.2) is 30.3 Å². The minimum absolute atomic E-state index is 0.0194. The zero-order valence-corrected chi connectivity index (χ0v) is 19.1. The molecule has 2 amide bonds. The van der Waals surface area contributed by atoms with Crippen molar-refractivity contribution < 1.29 is 18.7 Å². The lowest BCUT2D eigenvalue weighted by Gasteiger charge is -2.34. The molecule has 2 aromatic carbocycles. The average molecular weight is 467 g/mol. The molecule has 0 N–H and O–H groups in total. The van der Waals surface area contributed by atoms with Crippen molar-refractivity contribution in [3.8, 4) is 16.9 Å². The highest BCUT2D eigenvalue weighted by Gasteiger charge is 2.23. The molecule has 0 atom stereocenters. The number of halogens is 3. The van der Waals surface area contributed by atoms with Crippen LogP contribution in [0.25, 0.3) is 11.1 Å². The third-order valence-corrected chi connectivity index (χ3v) is 6.13. The molecule has 1 fully saturated rings. The predicted octanol–water partition coefficient (Wildman–Crippen LogP) is 4.82. The third kappa shape index (κ3) is 5.49. The number of nitrogens with zero attached hydrogens (tertiary/aromatic N) is 2. The number of carbonyl (C=O) groups is 2. The van der Waals surface area contributed by atoms with Gasteiger partial charge < -0.3 is 14.5 Å². The van der Waals surface area contributed by atoms with E-state index in [1.807, 2.05) is 6.92 Å². The van der Waals surface area contributed by atoms with Gasteiger partial charge in [-0.1, -0.05) is 30.1 Å². The van der Waals surface area contributed by atoms with Crippen LogP contribution in [0.5, 0.6) is 5.75 Å². The van der Waals surface area contributed by atoms with Crippen molar-refractivity contribution >= 4 is 35.0 Å². The number of carbonyl (C=O) groups excluding carboxylic acids is 2. The molecule has 8 heteroatoms. The molecule has 1 aliphatic heterocycles. The first-order chi connectivity index (χ1) is 14.8. The molecule has 0 radical (unpaired) electrons. The summed E-state index contributed by atoms with van der Waals surface area (Å²) in [6, 6.07) is 7.57. The van der Waals surface area contributed by atoms with E-state index >= 15 is 0 Å². The molecule has 0 aromatic heterocycles. The Balaban J connectivity index is 1.73. The molecule has 166 valence electrons. The second kappa shape index (κ2) is 10.3. The fourth-order valence-electron chi connectivity index (χ4n) is 3.72. The second-order valence-corrected chi connectivity index (χ2v) is 8.20. The number of piperazine rings is 1. The van der Waals surface area contributed by atoms with Crippen LogP contribution < -0.4 is 4.74 Å². The van der Waals surface area contributed by atoms with Crippen molar-refractivity contribution in [3.63, 3.8) is 0 Å². The Hall–Kier alpha value is -2.31.